The number of fused-ring (bicyclic) bond motifs is 1. The fourth-order valence-corrected chi connectivity index (χ4v) is 3.88. The average molecular weight is 392 g/mol. The summed E-state index contributed by atoms with van der Waals surface area (Å²) in [6, 6.07) is 16.1. The summed E-state index contributed by atoms with van der Waals surface area (Å²) >= 11 is 0. The van der Waals surface area contributed by atoms with Crippen LogP contribution in [0.1, 0.15) is 16.8 Å². The number of hydrogen-bond donors (Lipinski definition) is 1. The van der Waals surface area contributed by atoms with E-state index in [0.717, 1.165) is 5.39 Å². The van der Waals surface area contributed by atoms with Crippen LogP contribution in [-0.2, 0) is 0 Å². The fourth-order valence-electron chi connectivity index (χ4n) is 3.88. The summed E-state index contributed by atoms with van der Waals surface area (Å²) in [4.78, 5) is 29.3. The van der Waals surface area contributed by atoms with Crippen molar-refractivity contribution < 1.29 is 14.3 Å². The number of likely N-dealkylation sites (N-methyl/N-ethyl adjacent to an activating group) is 1. The molecule has 1 amide bonds. The monoisotopic (exact) mass is 392 g/mol. The third kappa shape index (κ3) is 3.81. The van der Waals surface area contributed by atoms with Gasteiger partial charge in [-0.2, -0.15) is 0 Å². The van der Waals surface area contributed by atoms with Crippen LogP contribution >= 0.6 is 0 Å². The molecule has 0 bridgehead atoms. The minimum atomic E-state index is -0.442. The zero-order valence-corrected chi connectivity index (χ0v) is 16.5. The molecule has 1 aliphatic heterocycles. The molecule has 1 aromatic heterocycles. The third-order valence-electron chi connectivity index (χ3n) is 5.56. The fraction of sp³-hybridized carbons (Fsp3) is 0.304. The van der Waals surface area contributed by atoms with Crippen molar-refractivity contribution in [1.82, 2.24) is 9.80 Å². The highest BCUT2D eigenvalue weighted by Gasteiger charge is 2.32. The van der Waals surface area contributed by atoms with Crippen LogP contribution in [0.2, 0.25) is 0 Å². The van der Waals surface area contributed by atoms with Gasteiger partial charge in [0.1, 0.15) is 5.58 Å². The zero-order chi connectivity index (χ0) is 20.5. The maximum Gasteiger partial charge on any atom is 0.344 e. The second-order valence-electron chi connectivity index (χ2n) is 7.70. The molecule has 1 fully saturated rings. The Kier molecular flexibility index (Phi) is 5.22. The first-order valence-corrected chi connectivity index (χ1v) is 9.71. The summed E-state index contributed by atoms with van der Waals surface area (Å²) in [5.74, 6) is -0.101. The van der Waals surface area contributed by atoms with Crippen molar-refractivity contribution in [2.24, 2.45) is 0 Å². The van der Waals surface area contributed by atoms with Gasteiger partial charge in [-0.25, -0.2) is 4.79 Å². The SMILES string of the molecule is CN(C)[C@H]1CN(C(=O)c2cccc(-c3cc4ccccc4oc3=O)c2)CC[C@@H]1O. The van der Waals surface area contributed by atoms with Crippen molar-refractivity contribution in [3.8, 4) is 11.1 Å². The van der Waals surface area contributed by atoms with Crippen LogP contribution in [0.25, 0.3) is 22.1 Å². The first-order valence-electron chi connectivity index (χ1n) is 9.71. The number of nitrogens with zero attached hydrogens (tertiary/aromatic N) is 2. The topological polar surface area (TPSA) is 74.0 Å². The van der Waals surface area contributed by atoms with E-state index in [9.17, 15) is 14.7 Å². The number of aliphatic hydroxyl groups is 1. The van der Waals surface area contributed by atoms with Gasteiger partial charge in [0.05, 0.1) is 17.7 Å². The molecule has 0 unspecified atom stereocenters. The summed E-state index contributed by atoms with van der Waals surface area (Å²) in [5.41, 5.74) is 1.70. The van der Waals surface area contributed by atoms with Gasteiger partial charge in [0, 0.05) is 24.0 Å². The molecule has 2 heterocycles. The molecule has 0 spiro atoms. The number of piperidine rings is 1. The summed E-state index contributed by atoms with van der Waals surface area (Å²) in [7, 11) is 3.81. The number of aliphatic hydroxyl groups excluding tert-OH is 1. The first kappa shape index (κ1) is 19.4. The Labute approximate surface area is 169 Å². The number of carbonyl (C=O) groups excluding carboxylic acids is 1. The van der Waals surface area contributed by atoms with Crippen LogP contribution in [-0.4, -0.2) is 60.1 Å². The molecule has 2 aromatic carbocycles. The van der Waals surface area contributed by atoms with Crippen molar-refractivity contribution in [1.29, 1.82) is 0 Å². The normalized spacial score (nSPS) is 19.7. The number of likely N-dealkylation sites (tertiary alicyclic amines) is 1. The van der Waals surface area contributed by atoms with E-state index in [1.54, 1.807) is 41.3 Å². The van der Waals surface area contributed by atoms with Crippen molar-refractivity contribution in [2.75, 3.05) is 27.2 Å². The lowest BCUT2D eigenvalue weighted by molar-refractivity contribution is 0.00886. The number of rotatable bonds is 3. The van der Waals surface area contributed by atoms with Gasteiger partial charge >= 0.3 is 5.63 Å². The van der Waals surface area contributed by atoms with E-state index in [-0.39, 0.29) is 11.9 Å². The van der Waals surface area contributed by atoms with Crippen molar-refractivity contribution in [2.45, 2.75) is 18.6 Å². The maximum atomic E-state index is 13.1. The molecule has 150 valence electrons. The summed E-state index contributed by atoms with van der Waals surface area (Å²) in [5, 5.41) is 11.0. The van der Waals surface area contributed by atoms with Gasteiger partial charge in [0.25, 0.3) is 5.91 Å². The number of amides is 1. The quantitative estimate of drug-likeness (QED) is 0.694. The average Bonchev–Trinajstić information content (AvgIpc) is 2.73. The molecule has 2 atom stereocenters. The van der Waals surface area contributed by atoms with E-state index in [2.05, 4.69) is 0 Å². The third-order valence-corrected chi connectivity index (χ3v) is 5.56. The molecule has 4 rings (SSSR count). The lowest BCUT2D eigenvalue weighted by Gasteiger charge is -2.39. The Bertz CT molecular complexity index is 1110. The van der Waals surface area contributed by atoms with Crippen LogP contribution in [0.15, 0.2) is 63.8 Å². The summed E-state index contributed by atoms with van der Waals surface area (Å²) < 4.78 is 5.43. The smallest absolute Gasteiger partial charge is 0.344 e. The Balaban J connectivity index is 1.65. The highest BCUT2D eigenvalue weighted by atomic mass is 16.4. The summed E-state index contributed by atoms with van der Waals surface area (Å²) in [6.45, 7) is 0.974. The van der Waals surface area contributed by atoms with E-state index >= 15 is 0 Å². The predicted molar refractivity (Wildman–Crippen MR) is 112 cm³/mol. The molecule has 1 N–H and O–H groups in total. The van der Waals surface area contributed by atoms with Gasteiger partial charge in [-0.3, -0.25) is 4.79 Å². The van der Waals surface area contributed by atoms with Gasteiger partial charge < -0.3 is 19.3 Å². The predicted octanol–water partition coefficient (Wildman–Crippen LogP) is 2.60. The van der Waals surface area contributed by atoms with Crippen LogP contribution in [0.3, 0.4) is 0 Å². The molecule has 3 aromatic rings. The van der Waals surface area contributed by atoms with Gasteiger partial charge in [0.2, 0.25) is 0 Å². The molecule has 0 aliphatic carbocycles. The number of hydrogen-bond acceptors (Lipinski definition) is 5. The van der Waals surface area contributed by atoms with E-state index in [1.807, 2.05) is 37.2 Å². The minimum absolute atomic E-state index is 0.0941. The van der Waals surface area contributed by atoms with Crippen LogP contribution in [0.5, 0.6) is 0 Å². The van der Waals surface area contributed by atoms with Crippen LogP contribution in [0.4, 0.5) is 0 Å². The highest BCUT2D eigenvalue weighted by Crippen LogP contribution is 2.23. The molecule has 6 nitrogen and oxygen atoms in total. The Morgan fingerprint density at radius 3 is 2.72 bits per heavy atom. The minimum Gasteiger partial charge on any atom is -0.422 e. The Hall–Kier alpha value is -2.96. The molecule has 6 heteroatoms. The van der Waals surface area contributed by atoms with Gasteiger partial charge in [-0.05, 0) is 50.3 Å². The number of para-hydroxylation sites is 1. The van der Waals surface area contributed by atoms with Gasteiger partial charge in [-0.15, -0.1) is 0 Å². The second kappa shape index (κ2) is 7.81. The first-order chi connectivity index (χ1) is 13.9. The second-order valence-corrected chi connectivity index (χ2v) is 7.70. The molecule has 0 saturated carbocycles. The molecule has 0 radical (unpaired) electrons. The molecular formula is C23H24N2O4. The number of carbonyl (C=O) groups is 1. The lowest BCUT2D eigenvalue weighted by Crippen LogP contribution is -2.54. The lowest BCUT2D eigenvalue weighted by atomic mass is 9.99. The van der Waals surface area contributed by atoms with Gasteiger partial charge in [-0.1, -0.05) is 30.3 Å². The van der Waals surface area contributed by atoms with Crippen molar-refractivity contribution in [3.05, 3.63) is 70.6 Å². The Morgan fingerprint density at radius 2 is 1.93 bits per heavy atom. The van der Waals surface area contributed by atoms with E-state index in [4.69, 9.17) is 4.42 Å². The maximum absolute atomic E-state index is 13.1. The zero-order valence-electron chi connectivity index (χ0n) is 16.5. The van der Waals surface area contributed by atoms with E-state index < -0.39 is 11.7 Å². The van der Waals surface area contributed by atoms with Crippen molar-refractivity contribution in [3.63, 3.8) is 0 Å². The van der Waals surface area contributed by atoms with E-state index in [1.165, 1.54) is 0 Å². The van der Waals surface area contributed by atoms with Crippen molar-refractivity contribution >= 4 is 16.9 Å². The van der Waals surface area contributed by atoms with Crippen LogP contribution in [0, 0.1) is 0 Å². The Morgan fingerprint density at radius 1 is 1.14 bits per heavy atom. The van der Waals surface area contributed by atoms with E-state index in [0.29, 0.717) is 41.8 Å². The molecule has 1 saturated heterocycles. The highest BCUT2D eigenvalue weighted by molar-refractivity contribution is 5.96. The standard InChI is InChI=1S/C23H24N2O4/c1-24(2)19-14-25(11-10-20(19)26)22(27)17-8-5-7-15(12-17)18-13-16-6-3-4-9-21(16)29-23(18)28/h3-9,12-13,19-20,26H,10-11,14H2,1-2H3/t19-,20-/m0/s1. The molecule has 29 heavy (non-hydrogen) atoms. The number of benzene rings is 2. The van der Waals surface area contributed by atoms with Crippen LogP contribution < -0.4 is 5.63 Å². The largest absolute Gasteiger partial charge is 0.422 e. The molecule has 1 aliphatic rings. The summed E-state index contributed by atoms with van der Waals surface area (Å²) in [6.07, 6.45) is 0.102. The molecular weight excluding hydrogens is 368 g/mol. The van der Waals surface area contributed by atoms with Gasteiger partial charge in [0.15, 0.2) is 0 Å².